The van der Waals surface area contributed by atoms with Gasteiger partial charge in [0.1, 0.15) is 6.10 Å². The molecule has 1 aromatic rings. The summed E-state index contributed by atoms with van der Waals surface area (Å²) < 4.78 is 22.3. The van der Waals surface area contributed by atoms with Gasteiger partial charge < -0.3 is 21.3 Å². The molecule has 110 valence electrons. The number of primary amides is 1. The number of carbonyl (C=O) groups is 2. The summed E-state index contributed by atoms with van der Waals surface area (Å²) in [6, 6.07) is 3.13. The molecule has 0 aliphatic carbocycles. The second-order valence-corrected chi connectivity index (χ2v) is 5.42. The van der Waals surface area contributed by atoms with E-state index in [-0.39, 0.29) is 22.7 Å². The minimum absolute atomic E-state index is 0.0187. The van der Waals surface area contributed by atoms with Crippen LogP contribution in [0.4, 0.5) is 5.69 Å². The van der Waals surface area contributed by atoms with E-state index < -0.39 is 28.0 Å². The van der Waals surface area contributed by atoms with Gasteiger partial charge in [0.25, 0.3) is 0 Å². The normalized spacial score (nSPS) is 12.7. The van der Waals surface area contributed by atoms with Gasteiger partial charge in [0.2, 0.25) is 15.9 Å². The van der Waals surface area contributed by atoms with E-state index in [0.29, 0.717) is 0 Å². The fourth-order valence-electron chi connectivity index (χ4n) is 1.34. The first-order chi connectivity index (χ1) is 9.12. The maximum absolute atomic E-state index is 11.1. The highest BCUT2D eigenvalue weighted by Gasteiger charge is 2.17. The number of aliphatic hydroxyl groups is 1. The van der Waals surface area contributed by atoms with Crippen LogP contribution in [0.2, 0.25) is 0 Å². The van der Waals surface area contributed by atoms with Crippen molar-refractivity contribution < 1.29 is 28.2 Å². The zero-order chi connectivity index (χ0) is 15.5. The van der Waals surface area contributed by atoms with Gasteiger partial charge in [0.05, 0.1) is 10.5 Å². The largest absolute Gasteiger partial charge is 0.478 e. The minimum atomic E-state index is -4.03. The summed E-state index contributed by atoms with van der Waals surface area (Å²) in [6.07, 6.45) is -1.51. The standard InChI is InChI=1S/C10H13N3O6S/c11-9(15)8(14)4-13-7-2-1-5(20(12,18)19)3-6(7)10(16)17/h1-3,8,13-14H,4H2,(H2,11,15)(H,16,17)(H2,12,18,19). The number of nitrogens with one attached hydrogen (secondary N) is 1. The van der Waals surface area contributed by atoms with E-state index in [1.54, 1.807) is 0 Å². The van der Waals surface area contributed by atoms with E-state index >= 15 is 0 Å². The summed E-state index contributed by atoms with van der Waals surface area (Å²) in [5, 5.41) is 25.6. The molecule has 0 heterocycles. The summed E-state index contributed by atoms with van der Waals surface area (Å²) in [5.74, 6) is -2.37. The Bertz CT molecular complexity index is 642. The molecule has 1 atom stereocenters. The SMILES string of the molecule is NC(=O)C(O)CNc1ccc(S(N)(=O)=O)cc1C(=O)O. The Morgan fingerprint density at radius 3 is 2.40 bits per heavy atom. The Hall–Kier alpha value is -2.17. The first-order valence-corrected chi connectivity index (χ1v) is 6.79. The van der Waals surface area contributed by atoms with Gasteiger partial charge in [-0.05, 0) is 18.2 Å². The molecule has 9 nitrogen and oxygen atoms in total. The van der Waals surface area contributed by atoms with Crippen molar-refractivity contribution in [1.29, 1.82) is 0 Å². The number of aliphatic hydroxyl groups excluding tert-OH is 1. The van der Waals surface area contributed by atoms with Crippen molar-refractivity contribution in [1.82, 2.24) is 0 Å². The first-order valence-electron chi connectivity index (χ1n) is 5.24. The maximum atomic E-state index is 11.1. The number of aromatic carboxylic acids is 1. The number of hydrogen-bond donors (Lipinski definition) is 5. The number of sulfonamides is 1. The molecule has 1 amide bonds. The molecule has 0 aromatic heterocycles. The van der Waals surface area contributed by atoms with Gasteiger partial charge in [0.15, 0.2) is 0 Å². The van der Waals surface area contributed by atoms with Crippen molar-refractivity contribution in [2.24, 2.45) is 10.9 Å². The van der Waals surface area contributed by atoms with Crippen LogP contribution in [0.3, 0.4) is 0 Å². The Kier molecular flexibility index (Phi) is 4.65. The van der Waals surface area contributed by atoms with Crippen molar-refractivity contribution in [3.8, 4) is 0 Å². The lowest BCUT2D eigenvalue weighted by Crippen LogP contribution is -2.34. The molecule has 7 N–H and O–H groups in total. The highest BCUT2D eigenvalue weighted by molar-refractivity contribution is 7.89. The fraction of sp³-hybridized carbons (Fsp3) is 0.200. The quantitative estimate of drug-likeness (QED) is 0.416. The summed E-state index contributed by atoms with van der Waals surface area (Å²) in [7, 11) is -4.03. The van der Waals surface area contributed by atoms with E-state index in [1.807, 2.05) is 0 Å². The van der Waals surface area contributed by atoms with Crippen LogP contribution in [0, 0.1) is 0 Å². The summed E-state index contributed by atoms with van der Waals surface area (Å²) in [6.45, 7) is -0.315. The lowest BCUT2D eigenvalue weighted by atomic mass is 10.1. The number of carboxylic acid groups (broad SMARTS) is 1. The third kappa shape index (κ3) is 3.91. The topological polar surface area (TPSA) is 173 Å². The predicted octanol–water partition coefficient (Wildman–Crippen LogP) is -1.71. The number of nitrogens with two attached hydrogens (primary N) is 2. The van der Waals surface area contributed by atoms with Crippen LogP contribution < -0.4 is 16.2 Å². The molecule has 0 spiro atoms. The molecular formula is C10H13N3O6S. The number of anilines is 1. The smallest absolute Gasteiger partial charge is 0.337 e. The predicted molar refractivity (Wildman–Crippen MR) is 68.5 cm³/mol. The number of rotatable bonds is 6. The number of benzene rings is 1. The minimum Gasteiger partial charge on any atom is -0.478 e. The molecule has 10 heteroatoms. The lowest BCUT2D eigenvalue weighted by Gasteiger charge is -2.12. The molecule has 1 unspecified atom stereocenters. The molecule has 1 aromatic carbocycles. The lowest BCUT2D eigenvalue weighted by molar-refractivity contribution is -0.125. The van der Waals surface area contributed by atoms with Crippen LogP contribution in [-0.4, -0.2) is 43.2 Å². The van der Waals surface area contributed by atoms with Gasteiger partial charge >= 0.3 is 5.97 Å². The summed E-state index contributed by atoms with van der Waals surface area (Å²) >= 11 is 0. The molecule has 20 heavy (non-hydrogen) atoms. The van der Waals surface area contributed by atoms with Crippen molar-refractivity contribution in [2.45, 2.75) is 11.0 Å². The van der Waals surface area contributed by atoms with Crippen LogP contribution in [0.1, 0.15) is 10.4 Å². The Labute approximate surface area is 114 Å². The Morgan fingerprint density at radius 2 is 1.95 bits per heavy atom. The molecule has 0 saturated carbocycles. The highest BCUT2D eigenvalue weighted by Crippen LogP contribution is 2.20. The summed E-state index contributed by atoms with van der Waals surface area (Å²) in [5.41, 5.74) is 4.49. The zero-order valence-electron chi connectivity index (χ0n) is 10.1. The maximum Gasteiger partial charge on any atom is 0.337 e. The molecule has 0 radical (unpaired) electrons. The number of carboxylic acids is 1. The Morgan fingerprint density at radius 1 is 1.35 bits per heavy atom. The van der Waals surface area contributed by atoms with Crippen LogP contribution >= 0.6 is 0 Å². The third-order valence-electron chi connectivity index (χ3n) is 2.36. The highest BCUT2D eigenvalue weighted by atomic mass is 32.2. The summed E-state index contributed by atoms with van der Waals surface area (Å²) in [4.78, 5) is 21.3. The van der Waals surface area contributed by atoms with Crippen molar-refractivity contribution in [3.05, 3.63) is 23.8 Å². The monoisotopic (exact) mass is 303 g/mol. The van der Waals surface area contributed by atoms with E-state index in [0.717, 1.165) is 18.2 Å². The Balaban J connectivity index is 3.09. The average Bonchev–Trinajstić information content (AvgIpc) is 2.34. The molecule has 0 saturated heterocycles. The fourth-order valence-corrected chi connectivity index (χ4v) is 1.88. The molecule has 1 rings (SSSR count). The average molecular weight is 303 g/mol. The van der Waals surface area contributed by atoms with Crippen LogP contribution in [0.15, 0.2) is 23.1 Å². The van der Waals surface area contributed by atoms with E-state index in [1.165, 1.54) is 0 Å². The number of hydrogen-bond acceptors (Lipinski definition) is 6. The van der Waals surface area contributed by atoms with Gasteiger partial charge in [-0.25, -0.2) is 18.4 Å². The van der Waals surface area contributed by atoms with Crippen LogP contribution in [-0.2, 0) is 14.8 Å². The van der Waals surface area contributed by atoms with Crippen LogP contribution in [0.25, 0.3) is 0 Å². The van der Waals surface area contributed by atoms with Gasteiger partial charge in [-0.15, -0.1) is 0 Å². The second kappa shape index (κ2) is 5.86. The van der Waals surface area contributed by atoms with E-state index in [9.17, 15) is 23.1 Å². The van der Waals surface area contributed by atoms with Gasteiger partial charge in [-0.1, -0.05) is 0 Å². The first kappa shape index (κ1) is 15.9. The molecule has 0 aliphatic heterocycles. The van der Waals surface area contributed by atoms with Crippen molar-refractivity contribution in [3.63, 3.8) is 0 Å². The van der Waals surface area contributed by atoms with E-state index in [4.69, 9.17) is 16.0 Å². The van der Waals surface area contributed by atoms with Gasteiger partial charge in [0, 0.05) is 12.2 Å². The number of carbonyl (C=O) groups excluding carboxylic acids is 1. The molecule has 0 bridgehead atoms. The van der Waals surface area contributed by atoms with Crippen molar-refractivity contribution >= 4 is 27.6 Å². The molecular weight excluding hydrogens is 290 g/mol. The third-order valence-corrected chi connectivity index (χ3v) is 3.28. The van der Waals surface area contributed by atoms with Gasteiger partial charge in [-0.2, -0.15) is 0 Å². The van der Waals surface area contributed by atoms with Crippen molar-refractivity contribution in [2.75, 3.05) is 11.9 Å². The number of amides is 1. The second-order valence-electron chi connectivity index (χ2n) is 3.86. The van der Waals surface area contributed by atoms with Crippen LogP contribution in [0.5, 0.6) is 0 Å². The number of primary sulfonamides is 1. The molecule has 0 fully saturated rings. The van der Waals surface area contributed by atoms with Gasteiger partial charge in [-0.3, -0.25) is 4.79 Å². The zero-order valence-corrected chi connectivity index (χ0v) is 10.9. The van der Waals surface area contributed by atoms with E-state index in [2.05, 4.69) is 5.32 Å². The molecule has 0 aliphatic rings.